The number of para-hydroxylation sites is 2. The molecule has 0 unspecified atom stereocenters. The fraction of sp³-hybridized carbons (Fsp3) is 0.135. The Labute approximate surface area is 284 Å². The molecule has 8 nitrogen and oxygen atoms in total. The van der Waals surface area contributed by atoms with Gasteiger partial charge in [0.05, 0.1) is 0 Å². The lowest BCUT2D eigenvalue weighted by Crippen LogP contribution is -1.87. The standard InChI is InChI=1S/C18H15N3OS.C17H13N3OS.C2H6.2H2/c1-2-6-13(7-3-1)10-11-23-18-21-20-17(22-18)16-12-14-8-4-5-9-15(14)19-16;1-2-6-12(7-3-1)11-22-17-20-19-16(21-17)15-10-13-8-4-5-9-14(13)18-15;1-2;;/h1-9,12,19H,10-11H2;1-10,18H,11H2;1-2H3;2*1H. The lowest BCUT2D eigenvalue weighted by Gasteiger charge is -1.97. The first kappa shape index (κ1) is 31.9. The zero-order valence-electron chi connectivity index (χ0n) is 26.1. The van der Waals surface area contributed by atoms with Crippen LogP contribution in [-0.2, 0) is 12.2 Å². The quantitative estimate of drug-likeness (QED) is 0.147. The number of nitrogens with one attached hydrogen (secondary N) is 2. The van der Waals surface area contributed by atoms with E-state index >= 15 is 0 Å². The summed E-state index contributed by atoms with van der Waals surface area (Å²) in [5, 5.41) is 19.9. The Kier molecular flexibility index (Phi) is 10.8. The van der Waals surface area contributed by atoms with Crippen LogP contribution < -0.4 is 0 Å². The van der Waals surface area contributed by atoms with Crippen LogP contribution in [0.5, 0.6) is 0 Å². The van der Waals surface area contributed by atoms with E-state index in [0.717, 1.165) is 51.1 Å². The van der Waals surface area contributed by atoms with Crippen molar-refractivity contribution in [3.8, 4) is 23.2 Å². The topological polar surface area (TPSA) is 109 Å². The molecule has 4 heterocycles. The number of aromatic nitrogens is 6. The smallest absolute Gasteiger partial charge is 0.277 e. The first-order valence-corrected chi connectivity index (χ1v) is 17.4. The van der Waals surface area contributed by atoms with E-state index in [0.29, 0.717) is 22.2 Å². The molecule has 0 aliphatic heterocycles. The maximum Gasteiger partial charge on any atom is 0.277 e. The molecule has 0 aliphatic carbocycles. The van der Waals surface area contributed by atoms with Gasteiger partial charge in [-0.15, -0.1) is 20.4 Å². The summed E-state index contributed by atoms with van der Waals surface area (Å²) >= 11 is 3.13. The van der Waals surface area contributed by atoms with Crippen LogP contribution in [-0.4, -0.2) is 36.1 Å². The predicted octanol–water partition coefficient (Wildman–Crippen LogP) is 10.6. The summed E-state index contributed by atoms with van der Waals surface area (Å²) in [6.07, 6.45) is 0.982. The number of fused-ring (bicyclic) bond motifs is 2. The van der Waals surface area contributed by atoms with Gasteiger partial charge in [-0.05, 0) is 41.8 Å². The molecule has 0 radical (unpaired) electrons. The number of hydrogen-bond donors (Lipinski definition) is 2. The molecule has 0 saturated heterocycles. The Hall–Kier alpha value is -5.06. The second-order valence-corrected chi connectivity index (χ2v) is 12.1. The highest BCUT2D eigenvalue weighted by Crippen LogP contribution is 2.28. The predicted molar refractivity (Wildman–Crippen MR) is 196 cm³/mol. The van der Waals surface area contributed by atoms with E-state index < -0.39 is 0 Å². The van der Waals surface area contributed by atoms with E-state index in [1.54, 1.807) is 23.5 Å². The molecule has 8 rings (SSSR count). The largest absolute Gasteiger partial charge is 0.410 e. The maximum absolute atomic E-state index is 5.75. The monoisotopic (exact) mass is 662 g/mol. The molecule has 0 fully saturated rings. The van der Waals surface area contributed by atoms with E-state index in [1.165, 1.54) is 11.1 Å². The zero-order valence-corrected chi connectivity index (χ0v) is 27.7. The lowest BCUT2D eigenvalue weighted by atomic mass is 10.2. The highest BCUT2D eigenvalue weighted by Gasteiger charge is 2.13. The number of aromatic amines is 2. The van der Waals surface area contributed by atoms with Crippen molar-refractivity contribution in [2.24, 2.45) is 0 Å². The van der Waals surface area contributed by atoms with Gasteiger partial charge >= 0.3 is 0 Å². The third kappa shape index (κ3) is 8.41. The summed E-state index contributed by atoms with van der Waals surface area (Å²) in [6, 6.07) is 40.9. The van der Waals surface area contributed by atoms with Crippen molar-refractivity contribution in [1.29, 1.82) is 0 Å². The van der Waals surface area contributed by atoms with Crippen molar-refractivity contribution in [3.63, 3.8) is 0 Å². The fourth-order valence-electron chi connectivity index (χ4n) is 4.75. The molecule has 0 bridgehead atoms. The van der Waals surface area contributed by atoms with Gasteiger partial charge in [-0.2, -0.15) is 0 Å². The van der Waals surface area contributed by atoms with Crippen LogP contribution in [0.3, 0.4) is 0 Å². The molecule has 240 valence electrons. The minimum Gasteiger partial charge on any atom is -0.410 e. The van der Waals surface area contributed by atoms with Crippen molar-refractivity contribution in [3.05, 3.63) is 132 Å². The van der Waals surface area contributed by atoms with Crippen LogP contribution in [0.1, 0.15) is 27.8 Å². The number of H-pyrrole nitrogens is 2. The molecule has 0 atom stereocenters. The number of nitrogens with zero attached hydrogens (tertiary/aromatic N) is 4. The summed E-state index contributed by atoms with van der Waals surface area (Å²) in [6.45, 7) is 4.00. The second kappa shape index (κ2) is 16.0. The Balaban J connectivity index is 0.000000203. The number of hydrogen-bond acceptors (Lipinski definition) is 8. The van der Waals surface area contributed by atoms with Crippen LogP contribution in [0.15, 0.2) is 141 Å². The van der Waals surface area contributed by atoms with E-state index in [2.05, 4.69) is 78.9 Å². The highest BCUT2D eigenvalue weighted by atomic mass is 32.2. The van der Waals surface area contributed by atoms with Gasteiger partial charge < -0.3 is 18.8 Å². The van der Waals surface area contributed by atoms with Crippen molar-refractivity contribution >= 4 is 45.3 Å². The molecule has 8 aromatic rings. The van der Waals surface area contributed by atoms with Gasteiger partial charge in [0.2, 0.25) is 0 Å². The molecule has 0 saturated carbocycles. The summed E-state index contributed by atoms with van der Waals surface area (Å²) in [4.78, 5) is 6.60. The Morgan fingerprint density at radius 1 is 0.553 bits per heavy atom. The van der Waals surface area contributed by atoms with Crippen LogP contribution in [0.4, 0.5) is 0 Å². The van der Waals surface area contributed by atoms with Gasteiger partial charge in [0, 0.05) is 36.2 Å². The van der Waals surface area contributed by atoms with Gasteiger partial charge in [-0.25, -0.2) is 0 Å². The van der Waals surface area contributed by atoms with Crippen LogP contribution in [0.2, 0.25) is 0 Å². The molecule has 0 amide bonds. The number of rotatable bonds is 9. The molecule has 4 aromatic carbocycles. The van der Waals surface area contributed by atoms with Crippen molar-refractivity contribution in [1.82, 2.24) is 30.4 Å². The maximum atomic E-state index is 5.75. The molecule has 2 N–H and O–H groups in total. The molecular formula is C37H38N6O2S2. The number of thioether (sulfide) groups is 2. The lowest BCUT2D eigenvalue weighted by molar-refractivity contribution is 0.464. The Bertz CT molecular complexity index is 2060. The van der Waals surface area contributed by atoms with Crippen molar-refractivity contribution < 1.29 is 11.7 Å². The Morgan fingerprint density at radius 2 is 1.02 bits per heavy atom. The fourth-order valence-corrected chi connectivity index (χ4v) is 6.22. The van der Waals surface area contributed by atoms with Crippen molar-refractivity contribution in [2.45, 2.75) is 36.5 Å². The third-order valence-electron chi connectivity index (χ3n) is 7.00. The zero-order chi connectivity index (χ0) is 32.3. The summed E-state index contributed by atoms with van der Waals surface area (Å²) < 4.78 is 11.5. The van der Waals surface area contributed by atoms with Gasteiger partial charge in [0.25, 0.3) is 22.2 Å². The average Bonchev–Trinajstić information content (AvgIpc) is 3.95. The van der Waals surface area contributed by atoms with E-state index in [1.807, 2.05) is 86.6 Å². The molecule has 10 heteroatoms. The minimum absolute atomic E-state index is 0. The van der Waals surface area contributed by atoms with Gasteiger partial charge in [-0.3, -0.25) is 0 Å². The molecule has 4 aromatic heterocycles. The first-order chi connectivity index (χ1) is 23.3. The van der Waals surface area contributed by atoms with E-state index in [4.69, 9.17) is 8.83 Å². The third-order valence-corrected chi connectivity index (χ3v) is 8.71. The van der Waals surface area contributed by atoms with Gasteiger partial charge in [-0.1, -0.05) is 134 Å². The van der Waals surface area contributed by atoms with Crippen molar-refractivity contribution in [2.75, 3.05) is 5.75 Å². The molecular weight excluding hydrogens is 625 g/mol. The van der Waals surface area contributed by atoms with Crippen LogP contribution >= 0.6 is 23.5 Å². The number of benzene rings is 4. The van der Waals surface area contributed by atoms with Gasteiger partial charge in [0.15, 0.2) is 0 Å². The molecule has 0 spiro atoms. The number of aryl methyl sites for hydroxylation is 1. The minimum atomic E-state index is 0. The summed E-state index contributed by atoms with van der Waals surface area (Å²) in [7, 11) is 0. The summed E-state index contributed by atoms with van der Waals surface area (Å²) in [5.74, 6) is 2.78. The SMILES string of the molecule is CC.[HH].[HH].c1ccc(CCSc2nnc(-c3cc4ccccc4[nH]3)o2)cc1.c1ccc(CSc2nnc(-c3cc4ccccc4[nH]3)o2)cc1. The first-order valence-electron chi connectivity index (χ1n) is 15.4. The highest BCUT2D eigenvalue weighted by molar-refractivity contribution is 7.99. The van der Waals surface area contributed by atoms with E-state index in [9.17, 15) is 0 Å². The second-order valence-electron chi connectivity index (χ2n) is 10.1. The summed E-state index contributed by atoms with van der Waals surface area (Å²) in [5.41, 5.74) is 6.38. The van der Waals surface area contributed by atoms with Gasteiger partial charge in [0.1, 0.15) is 11.4 Å². The van der Waals surface area contributed by atoms with E-state index in [-0.39, 0.29) is 2.85 Å². The Morgan fingerprint density at radius 3 is 1.55 bits per heavy atom. The van der Waals surface area contributed by atoms with Crippen LogP contribution in [0.25, 0.3) is 45.0 Å². The molecule has 0 aliphatic rings. The normalized spacial score (nSPS) is 10.8. The molecule has 47 heavy (non-hydrogen) atoms. The van der Waals surface area contributed by atoms with Crippen LogP contribution in [0, 0.1) is 0 Å². The average molecular weight is 663 g/mol.